The molecule has 4 rings (SSSR count). The van der Waals surface area contributed by atoms with E-state index in [-0.39, 0.29) is 17.4 Å². The van der Waals surface area contributed by atoms with E-state index in [1.807, 2.05) is 74.5 Å². The van der Waals surface area contributed by atoms with E-state index in [9.17, 15) is 4.79 Å². The lowest BCUT2D eigenvalue weighted by atomic mass is 10.1. The molecule has 5 heteroatoms. The van der Waals surface area contributed by atoms with Crippen molar-refractivity contribution in [3.63, 3.8) is 0 Å². The van der Waals surface area contributed by atoms with E-state index in [0.29, 0.717) is 16.7 Å². The lowest BCUT2D eigenvalue weighted by Crippen LogP contribution is -2.18. The Kier molecular flexibility index (Phi) is 4.72. The van der Waals surface area contributed by atoms with Crippen LogP contribution in [0.3, 0.4) is 0 Å². The summed E-state index contributed by atoms with van der Waals surface area (Å²) in [5, 5.41) is 4.35. The summed E-state index contributed by atoms with van der Waals surface area (Å²) in [4.78, 5) is 17.6. The maximum Gasteiger partial charge on any atom is 0.252 e. The summed E-state index contributed by atoms with van der Waals surface area (Å²) in [6.45, 7) is 3.99. The van der Waals surface area contributed by atoms with Crippen molar-refractivity contribution in [1.29, 1.82) is 0 Å². The van der Waals surface area contributed by atoms with Crippen LogP contribution in [0.25, 0.3) is 11.1 Å². The lowest BCUT2D eigenvalue weighted by Gasteiger charge is -2.05. The lowest BCUT2D eigenvalue weighted by molar-refractivity contribution is 0.106. The molecule has 0 bridgehead atoms. The highest BCUT2D eigenvalue weighted by Crippen LogP contribution is 2.18. The molecular weight excluding hydrogens is 350 g/mol. The molecule has 4 aromatic rings. The molecule has 0 aliphatic heterocycles. The minimum Gasteiger partial charge on any atom is -0.435 e. The molecule has 0 spiro atoms. The maximum absolute atomic E-state index is 13.1. The Morgan fingerprint density at radius 3 is 2.21 bits per heavy atom. The average Bonchev–Trinajstić information content (AvgIpc) is 3.14. The number of ketones is 1. The number of fused-ring (bicyclic) bond motifs is 1. The van der Waals surface area contributed by atoms with Gasteiger partial charge in [-0.1, -0.05) is 59.7 Å². The van der Waals surface area contributed by atoms with Crippen molar-refractivity contribution in [2.24, 2.45) is 5.10 Å². The number of hydrogen-bond acceptors (Lipinski definition) is 5. The molecule has 0 amide bonds. The van der Waals surface area contributed by atoms with Crippen LogP contribution in [0.4, 0.5) is 5.69 Å². The SMILES string of the molecule is Cc1ccc(N/N=C(\C(=O)c2ccc(C)cc2)c2nc3ccccc3o2)cc1. The van der Waals surface area contributed by atoms with Gasteiger partial charge in [-0.05, 0) is 38.1 Å². The Bertz CT molecular complexity index is 1120. The standard InChI is InChI=1S/C23H19N3O2/c1-15-7-11-17(12-8-15)22(27)21(26-25-18-13-9-16(2)10-14-18)23-24-19-5-3-4-6-20(19)28-23/h3-14,25H,1-2H3/b26-21+. The average molecular weight is 369 g/mol. The Hall–Kier alpha value is -3.73. The third kappa shape index (κ3) is 3.69. The molecule has 3 aromatic carbocycles. The van der Waals surface area contributed by atoms with E-state index in [2.05, 4.69) is 15.5 Å². The van der Waals surface area contributed by atoms with Gasteiger partial charge in [-0.3, -0.25) is 10.2 Å². The largest absolute Gasteiger partial charge is 0.435 e. The summed E-state index contributed by atoms with van der Waals surface area (Å²) in [5.74, 6) is -0.0717. The monoisotopic (exact) mass is 369 g/mol. The molecule has 0 saturated heterocycles. The van der Waals surface area contributed by atoms with E-state index in [1.165, 1.54) is 0 Å². The van der Waals surface area contributed by atoms with Crippen LogP contribution in [-0.2, 0) is 0 Å². The first-order valence-corrected chi connectivity index (χ1v) is 8.98. The number of carbonyl (C=O) groups is 1. The van der Waals surface area contributed by atoms with Crippen molar-refractivity contribution in [2.75, 3.05) is 5.43 Å². The predicted octanol–water partition coefficient (Wildman–Crippen LogP) is 5.14. The van der Waals surface area contributed by atoms with Gasteiger partial charge in [0.1, 0.15) is 5.52 Å². The maximum atomic E-state index is 13.1. The normalized spacial score (nSPS) is 11.6. The molecule has 5 nitrogen and oxygen atoms in total. The van der Waals surface area contributed by atoms with Gasteiger partial charge in [0, 0.05) is 5.56 Å². The van der Waals surface area contributed by atoms with Gasteiger partial charge in [0.05, 0.1) is 5.69 Å². The quantitative estimate of drug-likeness (QED) is 0.300. The number of anilines is 1. The fourth-order valence-corrected chi connectivity index (χ4v) is 2.76. The Morgan fingerprint density at radius 2 is 1.54 bits per heavy atom. The highest BCUT2D eigenvalue weighted by molar-refractivity contribution is 6.50. The molecule has 28 heavy (non-hydrogen) atoms. The van der Waals surface area contributed by atoms with Gasteiger partial charge in [-0.2, -0.15) is 5.10 Å². The minimum absolute atomic E-state index is 0.126. The van der Waals surface area contributed by atoms with E-state index in [0.717, 1.165) is 16.8 Å². The van der Waals surface area contributed by atoms with Gasteiger partial charge in [0.25, 0.3) is 5.89 Å². The minimum atomic E-state index is -0.258. The van der Waals surface area contributed by atoms with Gasteiger partial charge in [0.2, 0.25) is 5.78 Å². The number of rotatable bonds is 5. The number of para-hydroxylation sites is 2. The molecule has 1 N–H and O–H groups in total. The zero-order chi connectivity index (χ0) is 19.5. The van der Waals surface area contributed by atoms with Gasteiger partial charge < -0.3 is 4.42 Å². The molecule has 0 saturated carbocycles. The molecule has 138 valence electrons. The second-order valence-corrected chi connectivity index (χ2v) is 6.62. The topological polar surface area (TPSA) is 67.5 Å². The Morgan fingerprint density at radius 1 is 0.893 bits per heavy atom. The smallest absolute Gasteiger partial charge is 0.252 e. The zero-order valence-corrected chi connectivity index (χ0v) is 15.6. The van der Waals surface area contributed by atoms with Crippen LogP contribution in [0.15, 0.2) is 82.3 Å². The number of nitrogens with zero attached hydrogens (tertiary/aromatic N) is 2. The zero-order valence-electron chi connectivity index (χ0n) is 15.6. The Balaban J connectivity index is 1.75. The molecule has 0 atom stereocenters. The molecule has 0 aliphatic carbocycles. The van der Waals surface area contributed by atoms with Crippen molar-refractivity contribution in [3.05, 3.63) is 95.4 Å². The highest BCUT2D eigenvalue weighted by atomic mass is 16.3. The third-order valence-electron chi connectivity index (χ3n) is 4.37. The second kappa shape index (κ2) is 7.48. The van der Waals surface area contributed by atoms with Gasteiger partial charge in [-0.15, -0.1) is 0 Å². The number of hydrogen-bond donors (Lipinski definition) is 1. The first kappa shape index (κ1) is 17.7. The van der Waals surface area contributed by atoms with Crippen molar-refractivity contribution in [3.8, 4) is 0 Å². The van der Waals surface area contributed by atoms with Crippen LogP contribution in [0.5, 0.6) is 0 Å². The summed E-state index contributed by atoms with van der Waals surface area (Å²) in [6.07, 6.45) is 0. The number of carbonyl (C=O) groups excluding carboxylic acids is 1. The third-order valence-corrected chi connectivity index (χ3v) is 4.37. The number of hydrazone groups is 1. The molecule has 0 unspecified atom stereocenters. The first-order chi connectivity index (χ1) is 13.6. The van der Waals surface area contributed by atoms with E-state index >= 15 is 0 Å². The van der Waals surface area contributed by atoms with Crippen LogP contribution in [-0.4, -0.2) is 16.5 Å². The summed E-state index contributed by atoms with van der Waals surface area (Å²) >= 11 is 0. The molecule has 0 fully saturated rings. The van der Waals surface area contributed by atoms with Gasteiger partial charge in [0.15, 0.2) is 11.3 Å². The van der Waals surface area contributed by atoms with Crippen molar-refractivity contribution >= 4 is 28.3 Å². The fraction of sp³-hybridized carbons (Fsp3) is 0.0870. The summed E-state index contributed by atoms with van der Waals surface area (Å²) in [6, 6.07) is 22.5. The fourth-order valence-electron chi connectivity index (χ4n) is 2.76. The number of aromatic nitrogens is 1. The van der Waals surface area contributed by atoms with Crippen LogP contribution >= 0.6 is 0 Å². The van der Waals surface area contributed by atoms with Crippen molar-refractivity contribution < 1.29 is 9.21 Å². The predicted molar refractivity (Wildman–Crippen MR) is 111 cm³/mol. The summed E-state index contributed by atoms with van der Waals surface area (Å²) in [7, 11) is 0. The van der Waals surface area contributed by atoms with Crippen LogP contribution in [0.1, 0.15) is 27.4 Å². The number of aryl methyl sites for hydroxylation is 2. The summed E-state index contributed by atoms with van der Waals surface area (Å²) < 4.78 is 5.80. The van der Waals surface area contributed by atoms with Crippen LogP contribution < -0.4 is 5.43 Å². The second-order valence-electron chi connectivity index (χ2n) is 6.62. The van der Waals surface area contributed by atoms with Gasteiger partial charge in [-0.25, -0.2) is 4.98 Å². The number of Topliss-reactive ketones (excluding diaryl/α,β-unsaturated/α-hetero) is 1. The van der Waals surface area contributed by atoms with Crippen LogP contribution in [0, 0.1) is 13.8 Å². The summed E-state index contributed by atoms with van der Waals surface area (Å²) in [5.41, 5.74) is 7.88. The molecule has 0 radical (unpaired) electrons. The van der Waals surface area contributed by atoms with Crippen molar-refractivity contribution in [2.45, 2.75) is 13.8 Å². The number of oxazole rings is 1. The van der Waals surface area contributed by atoms with E-state index in [1.54, 1.807) is 12.1 Å². The molecular formula is C23H19N3O2. The highest BCUT2D eigenvalue weighted by Gasteiger charge is 2.22. The molecule has 1 heterocycles. The van der Waals surface area contributed by atoms with E-state index < -0.39 is 0 Å². The van der Waals surface area contributed by atoms with Gasteiger partial charge >= 0.3 is 0 Å². The van der Waals surface area contributed by atoms with Crippen LogP contribution in [0.2, 0.25) is 0 Å². The molecule has 0 aliphatic rings. The van der Waals surface area contributed by atoms with Crippen molar-refractivity contribution in [1.82, 2.24) is 4.98 Å². The Labute approximate surface area is 162 Å². The molecule has 1 aromatic heterocycles. The number of benzene rings is 3. The van der Waals surface area contributed by atoms with E-state index in [4.69, 9.17) is 4.42 Å². The number of nitrogens with one attached hydrogen (secondary N) is 1. The first-order valence-electron chi connectivity index (χ1n) is 8.98.